The summed E-state index contributed by atoms with van der Waals surface area (Å²) < 4.78 is 10.5. The van der Waals surface area contributed by atoms with E-state index in [0.717, 1.165) is 39.1 Å². The highest BCUT2D eigenvalue weighted by atomic mass is 16.5. The Morgan fingerprint density at radius 2 is 2.47 bits per heavy atom. The van der Waals surface area contributed by atoms with Crippen LogP contribution in [0.15, 0.2) is 0 Å². The summed E-state index contributed by atoms with van der Waals surface area (Å²) in [7, 11) is 1.72. The van der Waals surface area contributed by atoms with Crippen molar-refractivity contribution in [3.8, 4) is 0 Å². The highest BCUT2D eigenvalue weighted by molar-refractivity contribution is 4.70. The maximum atomic E-state index is 5.94. The van der Waals surface area contributed by atoms with Crippen LogP contribution in [0.4, 0.5) is 0 Å². The molecular formula is C11H24N2O2. The summed E-state index contributed by atoms with van der Waals surface area (Å²) in [5.74, 6) is 0. The Balaban J connectivity index is 1.89. The van der Waals surface area contributed by atoms with Gasteiger partial charge in [-0.15, -0.1) is 0 Å². The van der Waals surface area contributed by atoms with Gasteiger partial charge in [-0.05, 0) is 25.7 Å². The molecule has 1 saturated heterocycles. The molecule has 4 nitrogen and oxygen atoms in total. The van der Waals surface area contributed by atoms with Crippen molar-refractivity contribution in [3.05, 3.63) is 0 Å². The zero-order valence-corrected chi connectivity index (χ0v) is 9.71. The van der Waals surface area contributed by atoms with E-state index in [1.54, 1.807) is 7.11 Å². The van der Waals surface area contributed by atoms with Crippen LogP contribution in [0.2, 0.25) is 0 Å². The largest absolute Gasteiger partial charge is 0.385 e. The molecule has 0 amide bonds. The van der Waals surface area contributed by atoms with Gasteiger partial charge >= 0.3 is 0 Å². The Hall–Kier alpha value is -0.160. The molecular weight excluding hydrogens is 192 g/mol. The lowest BCUT2D eigenvalue weighted by Crippen LogP contribution is -2.37. The molecule has 0 radical (unpaired) electrons. The van der Waals surface area contributed by atoms with E-state index in [1.807, 2.05) is 0 Å². The minimum absolute atomic E-state index is 0.238. The lowest BCUT2D eigenvalue weighted by atomic mass is 10.1. The van der Waals surface area contributed by atoms with Gasteiger partial charge in [-0.25, -0.2) is 0 Å². The number of methoxy groups -OCH3 is 1. The Morgan fingerprint density at radius 3 is 3.13 bits per heavy atom. The van der Waals surface area contributed by atoms with E-state index in [2.05, 4.69) is 5.32 Å². The van der Waals surface area contributed by atoms with Crippen molar-refractivity contribution in [3.63, 3.8) is 0 Å². The maximum Gasteiger partial charge on any atom is 0.0700 e. The summed E-state index contributed by atoms with van der Waals surface area (Å²) in [5, 5.41) is 3.36. The lowest BCUT2D eigenvalue weighted by Gasteiger charge is -2.15. The molecule has 0 spiro atoms. The van der Waals surface area contributed by atoms with Gasteiger partial charge in [0.25, 0.3) is 0 Å². The van der Waals surface area contributed by atoms with E-state index in [1.165, 1.54) is 12.8 Å². The van der Waals surface area contributed by atoms with Gasteiger partial charge in [-0.1, -0.05) is 0 Å². The second-order valence-electron chi connectivity index (χ2n) is 4.19. The van der Waals surface area contributed by atoms with Gasteiger partial charge in [0.1, 0.15) is 0 Å². The highest BCUT2D eigenvalue weighted by Crippen LogP contribution is 2.10. The summed E-state index contributed by atoms with van der Waals surface area (Å²) in [6.45, 7) is 3.55. The summed E-state index contributed by atoms with van der Waals surface area (Å²) in [5.41, 5.74) is 5.94. The quantitative estimate of drug-likeness (QED) is 0.580. The van der Waals surface area contributed by atoms with E-state index < -0.39 is 0 Å². The lowest BCUT2D eigenvalue weighted by molar-refractivity contribution is 0.109. The normalized spacial score (nSPS) is 23.2. The van der Waals surface area contributed by atoms with E-state index in [4.69, 9.17) is 15.2 Å². The van der Waals surface area contributed by atoms with E-state index in [0.29, 0.717) is 6.10 Å². The Morgan fingerprint density at radius 1 is 1.60 bits per heavy atom. The zero-order valence-electron chi connectivity index (χ0n) is 9.71. The van der Waals surface area contributed by atoms with Crippen molar-refractivity contribution in [2.45, 2.75) is 37.8 Å². The van der Waals surface area contributed by atoms with Crippen molar-refractivity contribution in [2.24, 2.45) is 5.73 Å². The molecule has 1 rings (SSSR count). The van der Waals surface area contributed by atoms with Gasteiger partial charge in [-0.2, -0.15) is 0 Å². The number of rotatable bonds is 8. The van der Waals surface area contributed by atoms with Gasteiger partial charge in [0.15, 0.2) is 0 Å². The first-order valence-electron chi connectivity index (χ1n) is 5.89. The Bertz CT molecular complexity index is 150. The molecule has 2 atom stereocenters. The molecule has 1 fully saturated rings. The van der Waals surface area contributed by atoms with Crippen LogP contribution in [-0.4, -0.2) is 45.6 Å². The van der Waals surface area contributed by atoms with Crippen LogP contribution in [0.5, 0.6) is 0 Å². The standard InChI is InChI=1S/C11H24N2O2/c1-14-6-2-4-10(12)8-13-9-11-5-3-7-15-11/h10-11,13H,2-9,12H2,1H3. The number of ether oxygens (including phenoxy) is 2. The second kappa shape index (κ2) is 8.05. The summed E-state index contributed by atoms with van der Waals surface area (Å²) in [6.07, 6.45) is 4.86. The molecule has 1 aliphatic heterocycles. The Labute approximate surface area is 92.5 Å². The molecule has 15 heavy (non-hydrogen) atoms. The zero-order chi connectivity index (χ0) is 10.9. The molecule has 0 aromatic rings. The highest BCUT2D eigenvalue weighted by Gasteiger charge is 2.14. The van der Waals surface area contributed by atoms with Crippen LogP contribution >= 0.6 is 0 Å². The van der Waals surface area contributed by atoms with Crippen molar-refractivity contribution in [1.29, 1.82) is 0 Å². The first-order valence-corrected chi connectivity index (χ1v) is 5.89. The summed E-state index contributed by atoms with van der Waals surface area (Å²) in [6, 6.07) is 0.238. The third-order valence-corrected chi connectivity index (χ3v) is 2.73. The fraction of sp³-hybridized carbons (Fsp3) is 1.00. The first-order chi connectivity index (χ1) is 7.33. The van der Waals surface area contributed by atoms with Crippen LogP contribution in [0.3, 0.4) is 0 Å². The van der Waals surface area contributed by atoms with Crippen LogP contribution < -0.4 is 11.1 Å². The SMILES string of the molecule is COCCCC(N)CNCC1CCCO1. The number of hydrogen-bond donors (Lipinski definition) is 2. The van der Waals surface area contributed by atoms with Gasteiger partial charge < -0.3 is 20.5 Å². The fourth-order valence-corrected chi connectivity index (χ4v) is 1.83. The van der Waals surface area contributed by atoms with E-state index in [-0.39, 0.29) is 6.04 Å². The number of nitrogens with one attached hydrogen (secondary N) is 1. The Kier molecular flexibility index (Phi) is 6.92. The molecule has 1 heterocycles. The van der Waals surface area contributed by atoms with Gasteiger partial charge in [0, 0.05) is 39.5 Å². The molecule has 3 N–H and O–H groups in total. The van der Waals surface area contributed by atoms with Crippen molar-refractivity contribution >= 4 is 0 Å². The first kappa shape index (κ1) is 12.9. The maximum absolute atomic E-state index is 5.94. The molecule has 4 heteroatoms. The fourth-order valence-electron chi connectivity index (χ4n) is 1.83. The number of hydrogen-bond acceptors (Lipinski definition) is 4. The van der Waals surface area contributed by atoms with Gasteiger partial charge in [-0.3, -0.25) is 0 Å². The van der Waals surface area contributed by atoms with Crippen LogP contribution in [0.25, 0.3) is 0 Å². The van der Waals surface area contributed by atoms with E-state index in [9.17, 15) is 0 Å². The third kappa shape index (κ3) is 6.10. The average Bonchev–Trinajstić information content (AvgIpc) is 2.71. The molecule has 0 aromatic heterocycles. The van der Waals surface area contributed by atoms with Crippen LogP contribution in [-0.2, 0) is 9.47 Å². The van der Waals surface area contributed by atoms with Gasteiger partial charge in [0.2, 0.25) is 0 Å². The van der Waals surface area contributed by atoms with E-state index >= 15 is 0 Å². The van der Waals surface area contributed by atoms with Crippen molar-refractivity contribution in [2.75, 3.05) is 33.4 Å². The van der Waals surface area contributed by atoms with Crippen molar-refractivity contribution in [1.82, 2.24) is 5.32 Å². The predicted molar refractivity (Wildman–Crippen MR) is 60.9 cm³/mol. The average molecular weight is 216 g/mol. The topological polar surface area (TPSA) is 56.5 Å². The summed E-state index contributed by atoms with van der Waals surface area (Å²) in [4.78, 5) is 0. The van der Waals surface area contributed by atoms with Crippen LogP contribution in [0.1, 0.15) is 25.7 Å². The molecule has 0 aromatic carbocycles. The second-order valence-corrected chi connectivity index (χ2v) is 4.19. The summed E-state index contributed by atoms with van der Waals surface area (Å²) >= 11 is 0. The van der Waals surface area contributed by atoms with Gasteiger partial charge in [0.05, 0.1) is 6.10 Å². The smallest absolute Gasteiger partial charge is 0.0700 e. The molecule has 1 aliphatic rings. The predicted octanol–water partition coefficient (Wildman–Crippen LogP) is 0.509. The molecule has 2 unspecified atom stereocenters. The van der Waals surface area contributed by atoms with Crippen LogP contribution in [0, 0.1) is 0 Å². The monoisotopic (exact) mass is 216 g/mol. The molecule has 0 bridgehead atoms. The van der Waals surface area contributed by atoms with Crippen molar-refractivity contribution < 1.29 is 9.47 Å². The minimum Gasteiger partial charge on any atom is -0.385 e. The third-order valence-electron chi connectivity index (χ3n) is 2.73. The molecule has 0 aliphatic carbocycles. The molecule has 0 saturated carbocycles. The minimum atomic E-state index is 0.238. The number of nitrogens with two attached hydrogens (primary N) is 1. The molecule has 90 valence electrons.